The summed E-state index contributed by atoms with van der Waals surface area (Å²) in [5, 5.41) is 6.45. The first-order valence-electron chi connectivity index (χ1n) is 8.49. The van der Waals surface area contributed by atoms with E-state index >= 15 is 0 Å². The van der Waals surface area contributed by atoms with Gasteiger partial charge in [-0.05, 0) is 48.9 Å². The fraction of sp³-hybridized carbons (Fsp3) is 0.200. The number of para-hydroxylation sites is 1. The van der Waals surface area contributed by atoms with Crippen LogP contribution in [0.25, 0.3) is 0 Å². The fourth-order valence-electron chi connectivity index (χ4n) is 2.31. The fourth-order valence-corrected chi connectivity index (χ4v) is 2.31. The average molecular weight is 350 g/mol. The van der Waals surface area contributed by atoms with Gasteiger partial charge in [-0.1, -0.05) is 18.2 Å². The molecule has 3 aromatic rings. The summed E-state index contributed by atoms with van der Waals surface area (Å²) in [4.78, 5) is 8.67. The summed E-state index contributed by atoms with van der Waals surface area (Å²) in [5.41, 5.74) is 0.925. The molecule has 6 heteroatoms. The third-order valence-electron chi connectivity index (χ3n) is 3.57. The molecule has 0 amide bonds. The molecule has 1 aromatic heterocycles. The first-order chi connectivity index (χ1) is 12.8. The Morgan fingerprint density at radius 3 is 2.46 bits per heavy atom. The van der Waals surface area contributed by atoms with Crippen LogP contribution in [0.2, 0.25) is 0 Å². The van der Waals surface area contributed by atoms with E-state index in [0.717, 1.165) is 36.0 Å². The lowest BCUT2D eigenvalue weighted by atomic mass is 10.3. The molecule has 0 bridgehead atoms. The molecule has 0 saturated heterocycles. The molecule has 0 spiro atoms. The summed E-state index contributed by atoms with van der Waals surface area (Å²) in [6.07, 6.45) is 2.63. The van der Waals surface area contributed by atoms with Crippen LogP contribution in [0, 0.1) is 0 Å². The molecule has 0 saturated carbocycles. The summed E-state index contributed by atoms with van der Waals surface area (Å²) in [5.74, 6) is 2.92. The Kier molecular flexibility index (Phi) is 6.39. The van der Waals surface area contributed by atoms with Crippen LogP contribution >= 0.6 is 0 Å². The second-order valence-corrected chi connectivity index (χ2v) is 5.60. The summed E-state index contributed by atoms with van der Waals surface area (Å²) in [6, 6.07) is 19.3. The first-order valence-corrected chi connectivity index (χ1v) is 8.49. The topological polar surface area (TPSA) is 68.3 Å². The van der Waals surface area contributed by atoms with Crippen LogP contribution in [0.1, 0.15) is 6.42 Å². The SMILES string of the molecule is COCCCNc1nccc(Nc2ccc(Oc3ccccc3)cc2)n1. The number of benzene rings is 2. The quantitative estimate of drug-likeness (QED) is 0.555. The Morgan fingerprint density at radius 2 is 1.69 bits per heavy atom. The largest absolute Gasteiger partial charge is 0.457 e. The first kappa shape index (κ1) is 17.7. The Hall–Kier alpha value is -3.12. The molecule has 6 nitrogen and oxygen atoms in total. The Bertz CT molecular complexity index is 794. The van der Waals surface area contributed by atoms with Gasteiger partial charge in [-0.2, -0.15) is 4.98 Å². The minimum absolute atomic E-state index is 0.593. The number of ether oxygens (including phenoxy) is 2. The van der Waals surface area contributed by atoms with Crippen molar-refractivity contribution in [3.05, 3.63) is 66.9 Å². The second kappa shape index (κ2) is 9.39. The van der Waals surface area contributed by atoms with E-state index < -0.39 is 0 Å². The van der Waals surface area contributed by atoms with E-state index in [1.807, 2.05) is 60.7 Å². The molecule has 3 rings (SSSR count). The summed E-state index contributed by atoms with van der Waals surface area (Å²) in [6.45, 7) is 1.48. The number of hydrogen-bond acceptors (Lipinski definition) is 6. The second-order valence-electron chi connectivity index (χ2n) is 5.60. The molecule has 0 radical (unpaired) electrons. The van der Waals surface area contributed by atoms with Crippen LogP contribution in [0.15, 0.2) is 66.9 Å². The molecule has 0 aliphatic heterocycles. The maximum atomic E-state index is 5.79. The van der Waals surface area contributed by atoms with Crippen molar-refractivity contribution in [2.45, 2.75) is 6.42 Å². The molecule has 26 heavy (non-hydrogen) atoms. The van der Waals surface area contributed by atoms with E-state index in [-0.39, 0.29) is 0 Å². The van der Waals surface area contributed by atoms with Gasteiger partial charge in [0.25, 0.3) is 0 Å². The van der Waals surface area contributed by atoms with Gasteiger partial charge in [0, 0.05) is 32.1 Å². The number of hydrogen-bond donors (Lipinski definition) is 2. The van der Waals surface area contributed by atoms with Gasteiger partial charge in [0.15, 0.2) is 0 Å². The molecule has 0 aliphatic carbocycles. The molecule has 0 aliphatic rings. The van der Waals surface area contributed by atoms with Crippen molar-refractivity contribution in [3.8, 4) is 11.5 Å². The standard InChI is InChI=1S/C20H22N4O2/c1-25-15-5-13-21-20-22-14-12-19(24-20)23-16-8-10-18(11-9-16)26-17-6-3-2-4-7-17/h2-4,6-12,14H,5,13,15H2,1H3,(H2,21,22,23,24). The minimum Gasteiger partial charge on any atom is -0.457 e. The predicted octanol–water partition coefficient (Wildman–Crippen LogP) is 4.46. The highest BCUT2D eigenvalue weighted by Crippen LogP contribution is 2.24. The van der Waals surface area contributed by atoms with Crippen LogP contribution in [-0.4, -0.2) is 30.2 Å². The van der Waals surface area contributed by atoms with Gasteiger partial charge in [-0.15, -0.1) is 0 Å². The summed E-state index contributed by atoms with van der Waals surface area (Å²) >= 11 is 0. The van der Waals surface area contributed by atoms with Crippen molar-refractivity contribution in [1.82, 2.24) is 9.97 Å². The number of anilines is 3. The van der Waals surface area contributed by atoms with Gasteiger partial charge < -0.3 is 20.1 Å². The van der Waals surface area contributed by atoms with E-state index in [4.69, 9.17) is 9.47 Å². The molecule has 1 heterocycles. The monoisotopic (exact) mass is 350 g/mol. The third-order valence-corrected chi connectivity index (χ3v) is 3.57. The average Bonchev–Trinajstić information content (AvgIpc) is 2.68. The highest BCUT2D eigenvalue weighted by atomic mass is 16.5. The van der Waals surface area contributed by atoms with E-state index in [1.54, 1.807) is 13.3 Å². The highest BCUT2D eigenvalue weighted by molar-refractivity contribution is 5.58. The number of aromatic nitrogens is 2. The van der Waals surface area contributed by atoms with E-state index in [1.165, 1.54) is 0 Å². The van der Waals surface area contributed by atoms with Gasteiger partial charge in [-0.3, -0.25) is 0 Å². The zero-order valence-electron chi connectivity index (χ0n) is 14.7. The van der Waals surface area contributed by atoms with Crippen LogP contribution in [0.4, 0.5) is 17.5 Å². The zero-order chi connectivity index (χ0) is 18.0. The van der Waals surface area contributed by atoms with Crippen molar-refractivity contribution in [2.24, 2.45) is 0 Å². The normalized spacial score (nSPS) is 10.3. The van der Waals surface area contributed by atoms with Gasteiger partial charge in [0.05, 0.1) is 0 Å². The van der Waals surface area contributed by atoms with Gasteiger partial charge in [-0.25, -0.2) is 4.98 Å². The lowest BCUT2D eigenvalue weighted by molar-refractivity contribution is 0.197. The van der Waals surface area contributed by atoms with Crippen molar-refractivity contribution in [2.75, 3.05) is 30.9 Å². The predicted molar refractivity (Wildman–Crippen MR) is 103 cm³/mol. The number of methoxy groups -OCH3 is 1. The van der Waals surface area contributed by atoms with Crippen LogP contribution in [0.3, 0.4) is 0 Å². The minimum atomic E-state index is 0.593. The van der Waals surface area contributed by atoms with E-state index in [9.17, 15) is 0 Å². The lowest BCUT2D eigenvalue weighted by Gasteiger charge is -2.09. The van der Waals surface area contributed by atoms with Crippen LogP contribution in [-0.2, 0) is 4.74 Å². The maximum absolute atomic E-state index is 5.79. The molecule has 0 unspecified atom stereocenters. The van der Waals surface area contributed by atoms with Gasteiger partial charge in [0.2, 0.25) is 5.95 Å². The van der Waals surface area contributed by atoms with Crippen LogP contribution in [0.5, 0.6) is 11.5 Å². The summed E-state index contributed by atoms with van der Waals surface area (Å²) < 4.78 is 10.8. The van der Waals surface area contributed by atoms with Crippen molar-refractivity contribution < 1.29 is 9.47 Å². The smallest absolute Gasteiger partial charge is 0.224 e. The molecular weight excluding hydrogens is 328 g/mol. The number of nitrogens with one attached hydrogen (secondary N) is 2. The molecule has 2 N–H and O–H groups in total. The Balaban J connectivity index is 1.57. The molecule has 0 fully saturated rings. The number of rotatable bonds is 9. The molecule has 0 atom stereocenters. The highest BCUT2D eigenvalue weighted by Gasteiger charge is 2.01. The molecular formula is C20H22N4O2. The van der Waals surface area contributed by atoms with E-state index in [0.29, 0.717) is 12.6 Å². The maximum Gasteiger partial charge on any atom is 0.224 e. The molecule has 134 valence electrons. The summed E-state index contributed by atoms with van der Waals surface area (Å²) in [7, 11) is 1.69. The van der Waals surface area contributed by atoms with Gasteiger partial charge in [0.1, 0.15) is 17.3 Å². The van der Waals surface area contributed by atoms with Crippen molar-refractivity contribution in [1.29, 1.82) is 0 Å². The molecule has 2 aromatic carbocycles. The van der Waals surface area contributed by atoms with Crippen molar-refractivity contribution in [3.63, 3.8) is 0 Å². The zero-order valence-corrected chi connectivity index (χ0v) is 14.7. The van der Waals surface area contributed by atoms with Gasteiger partial charge >= 0.3 is 0 Å². The Labute approximate surface area is 153 Å². The number of nitrogens with zero attached hydrogens (tertiary/aromatic N) is 2. The van der Waals surface area contributed by atoms with Crippen LogP contribution < -0.4 is 15.4 Å². The third kappa shape index (κ3) is 5.46. The van der Waals surface area contributed by atoms with Crippen molar-refractivity contribution >= 4 is 17.5 Å². The van der Waals surface area contributed by atoms with E-state index in [2.05, 4.69) is 20.6 Å². The Morgan fingerprint density at radius 1 is 0.923 bits per heavy atom. The lowest BCUT2D eigenvalue weighted by Crippen LogP contribution is -2.08.